The minimum Gasteiger partial charge on any atom is -0.492 e. The molecular weight excluding hydrogens is 338 g/mol. The average Bonchev–Trinajstić information content (AvgIpc) is 2.66. The van der Waals surface area contributed by atoms with Crippen LogP contribution in [0.3, 0.4) is 0 Å². The van der Waals surface area contributed by atoms with E-state index in [4.69, 9.17) is 9.47 Å². The van der Waals surface area contributed by atoms with Crippen LogP contribution in [0, 0.1) is 23.7 Å². The minimum atomic E-state index is -0.0797. The maximum Gasteiger partial charge on any atom is 0.226 e. The van der Waals surface area contributed by atoms with Gasteiger partial charge in [-0.3, -0.25) is 4.79 Å². The summed E-state index contributed by atoms with van der Waals surface area (Å²) in [5.74, 6) is 3.72. The molecule has 4 nitrogen and oxygen atoms in total. The molecule has 6 rings (SSSR count). The topological polar surface area (TPSA) is 47.6 Å². The standard InChI is InChI=1S/C23H31NO3/c25-22(20-11-19-4-1-2-5-21(19)26-15-20)24-6-3-7-27-23-12-16-8-17(13-23)10-18(9-16)14-23/h1-2,4-5,16-18,20H,3,6-15H2,(H,24,25). The van der Waals surface area contributed by atoms with Crippen molar-refractivity contribution in [2.45, 2.75) is 57.0 Å². The number of carbonyl (C=O) groups is 1. The van der Waals surface area contributed by atoms with Gasteiger partial charge < -0.3 is 14.8 Å². The lowest BCUT2D eigenvalue weighted by molar-refractivity contribution is -0.162. The summed E-state index contributed by atoms with van der Waals surface area (Å²) in [7, 11) is 0. The van der Waals surface area contributed by atoms with Crippen LogP contribution in [-0.2, 0) is 16.0 Å². The van der Waals surface area contributed by atoms with Crippen LogP contribution in [0.25, 0.3) is 0 Å². The molecule has 1 N–H and O–H groups in total. The van der Waals surface area contributed by atoms with E-state index in [-0.39, 0.29) is 17.4 Å². The molecule has 5 aliphatic rings. The van der Waals surface area contributed by atoms with Gasteiger partial charge in [0.25, 0.3) is 0 Å². The third-order valence-electron chi connectivity index (χ3n) is 7.26. The van der Waals surface area contributed by atoms with Crippen LogP contribution < -0.4 is 10.1 Å². The molecule has 0 spiro atoms. The smallest absolute Gasteiger partial charge is 0.226 e. The van der Waals surface area contributed by atoms with Crippen LogP contribution in [-0.4, -0.2) is 31.3 Å². The first-order valence-electron chi connectivity index (χ1n) is 10.8. The number of rotatable bonds is 6. The summed E-state index contributed by atoms with van der Waals surface area (Å²) in [6, 6.07) is 8.01. The molecule has 4 bridgehead atoms. The van der Waals surface area contributed by atoms with Crippen molar-refractivity contribution in [3.63, 3.8) is 0 Å². The van der Waals surface area contributed by atoms with E-state index in [1.807, 2.05) is 24.3 Å². The van der Waals surface area contributed by atoms with Crippen molar-refractivity contribution < 1.29 is 14.3 Å². The summed E-state index contributed by atoms with van der Waals surface area (Å²) < 4.78 is 12.2. The first-order chi connectivity index (χ1) is 13.2. The predicted octanol–water partition coefficient (Wildman–Crippen LogP) is 3.73. The molecule has 1 amide bonds. The van der Waals surface area contributed by atoms with Crippen LogP contribution in [0.2, 0.25) is 0 Å². The number of fused-ring (bicyclic) bond motifs is 1. The van der Waals surface area contributed by atoms with E-state index in [1.165, 1.54) is 38.5 Å². The van der Waals surface area contributed by atoms with Crippen molar-refractivity contribution in [3.8, 4) is 5.75 Å². The van der Waals surface area contributed by atoms with E-state index >= 15 is 0 Å². The summed E-state index contributed by atoms with van der Waals surface area (Å²) in [4.78, 5) is 12.5. The summed E-state index contributed by atoms with van der Waals surface area (Å²) >= 11 is 0. The summed E-state index contributed by atoms with van der Waals surface area (Å²) in [6.07, 6.45) is 9.86. The van der Waals surface area contributed by atoms with E-state index in [9.17, 15) is 4.79 Å². The Labute approximate surface area is 162 Å². The van der Waals surface area contributed by atoms with Crippen molar-refractivity contribution >= 4 is 5.91 Å². The van der Waals surface area contributed by atoms with Gasteiger partial charge in [-0.05, 0) is 80.8 Å². The van der Waals surface area contributed by atoms with Gasteiger partial charge in [-0.2, -0.15) is 0 Å². The summed E-state index contributed by atoms with van der Waals surface area (Å²) in [5, 5.41) is 3.09. The lowest BCUT2D eigenvalue weighted by Crippen LogP contribution is -2.52. The molecular formula is C23H31NO3. The van der Waals surface area contributed by atoms with Crippen molar-refractivity contribution in [1.29, 1.82) is 0 Å². The van der Waals surface area contributed by atoms with Crippen molar-refractivity contribution in [2.24, 2.45) is 23.7 Å². The van der Waals surface area contributed by atoms with Crippen LogP contribution in [0.5, 0.6) is 5.75 Å². The monoisotopic (exact) mass is 369 g/mol. The Morgan fingerprint density at radius 2 is 1.81 bits per heavy atom. The van der Waals surface area contributed by atoms with Gasteiger partial charge >= 0.3 is 0 Å². The highest BCUT2D eigenvalue weighted by Crippen LogP contribution is 2.57. The van der Waals surface area contributed by atoms with E-state index < -0.39 is 0 Å². The Kier molecular flexibility index (Phi) is 4.63. The molecule has 1 aromatic rings. The molecule has 0 aromatic heterocycles. The van der Waals surface area contributed by atoms with Gasteiger partial charge in [0.15, 0.2) is 0 Å². The Hall–Kier alpha value is -1.55. The Morgan fingerprint density at radius 3 is 2.56 bits per heavy atom. The normalized spacial score (nSPS) is 36.1. The second-order valence-electron chi connectivity index (χ2n) is 9.41. The number of amides is 1. The highest BCUT2D eigenvalue weighted by molar-refractivity contribution is 5.79. The number of carbonyl (C=O) groups excluding carboxylic acids is 1. The number of ether oxygens (including phenoxy) is 2. The first-order valence-corrected chi connectivity index (χ1v) is 10.8. The molecule has 4 saturated carbocycles. The predicted molar refractivity (Wildman–Crippen MR) is 104 cm³/mol. The average molecular weight is 370 g/mol. The molecule has 1 atom stereocenters. The Morgan fingerprint density at radius 1 is 1.11 bits per heavy atom. The van der Waals surface area contributed by atoms with E-state index in [0.717, 1.165) is 48.5 Å². The van der Waals surface area contributed by atoms with Crippen LogP contribution in [0.4, 0.5) is 0 Å². The van der Waals surface area contributed by atoms with E-state index in [0.29, 0.717) is 13.2 Å². The van der Waals surface area contributed by atoms with E-state index in [2.05, 4.69) is 5.32 Å². The van der Waals surface area contributed by atoms with Gasteiger partial charge in [0.05, 0.1) is 11.5 Å². The SMILES string of the molecule is O=C(NCCCOC12CC3CC(CC(C3)C1)C2)C1COc2ccccc2C1. The van der Waals surface area contributed by atoms with Gasteiger partial charge in [0, 0.05) is 13.2 Å². The molecule has 146 valence electrons. The third kappa shape index (κ3) is 3.61. The Bertz CT molecular complexity index is 665. The fourth-order valence-electron chi connectivity index (χ4n) is 6.42. The lowest BCUT2D eigenvalue weighted by atomic mass is 9.54. The minimum absolute atomic E-state index is 0.0797. The summed E-state index contributed by atoms with van der Waals surface area (Å²) in [5.41, 5.74) is 1.31. The fraction of sp³-hybridized carbons (Fsp3) is 0.696. The van der Waals surface area contributed by atoms with Crippen molar-refractivity contribution in [3.05, 3.63) is 29.8 Å². The quantitative estimate of drug-likeness (QED) is 0.777. The van der Waals surface area contributed by atoms with Crippen LogP contribution in [0.15, 0.2) is 24.3 Å². The molecule has 1 unspecified atom stereocenters. The van der Waals surface area contributed by atoms with Crippen molar-refractivity contribution in [2.75, 3.05) is 19.8 Å². The zero-order chi connectivity index (χ0) is 18.3. The number of hydrogen-bond donors (Lipinski definition) is 1. The lowest BCUT2D eigenvalue weighted by Gasteiger charge is -2.56. The second kappa shape index (κ2) is 7.12. The number of benzene rings is 1. The third-order valence-corrected chi connectivity index (χ3v) is 7.26. The number of para-hydroxylation sites is 1. The highest BCUT2D eigenvalue weighted by Gasteiger charge is 2.51. The van der Waals surface area contributed by atoms with Gasteiger partial charge in [-0.15, -0.1) is 0 Å². The second-order valence-corrected chi connectivity index (χ2v) is 9.41. The number of hydrogen-bond acceptors (Lipinski definition) is 3. The maximum atomic E-state index is 12.5. The molecule has 4 heteroatoms. The maximum absolute atomic E-state index is 12.5. The number of nitrogens with one attached hydrogen (secondary N) is 1. The Balaban J connectivity index is 1.05. The molecule has 1 heterocycles. The molecule has 1 aliphatic heterocycles. The van der Waals surface area contributed by atoms with Crippen molar-refractivity contribution in [1.82, 2.24) is 5.32 Å². The molecule has 0 radical (unpaired) electrons. The van der Waals surface area contributed by atoms with Crippen LogP contribution >= 0.6 is 0 Å². The molecule has 4 fully saturated rings. The van der Waals surface area contributed by atoms with Gasteiger partial charge in [-0.25, -0.2) is 0 Å². The highest BCUT2D eigenvalue weighted by atomic mass is 16.5. The van der Waals surface area contributed by atoms with Gasteiger partial charge in [0.1, 0.15) is 12.4 Å². The fourth-order valence-corrected chi connectivity index (χ4v) is 6.42. The zero-order valence-electron chi connectivity index (χ0n) is 16.1. The molecule has 1 aromatic carbocycles. The molecule has 4 aliphatic carbocycles. The first kappa shape index (κ1) is 17.5. The largest absolute Gasteiger partial charge is 0.492 e. The van der Waals surface area contributed by atoms with Gasteiger partial charge in [-0.1, -0.05) is 18.2 Å². The summed E-state index contributed by atoms with van der Waals surface area (Å²) in [6.45, 7) is 1.95. The van der Waals surface area contributed by atoms with E-state index in [1.54, 1.807) is 0 Å². The van der Waals surface area contributed by atoms with Crippen LogP contribution in [0.1, 0.15) is 50.5 Å². The molecule has 0 saturated heterocycles. The zero-order valence-corrected chi connectivity index (χ0v) is 16.1. The van der Waals surface area contributed by atoms with Gasteiger partial charge in [0.2, 0.25) is 5.91 Å². The molecule has 27 heavy (non-hydrogen) atoms.